The summed E-state index contributed by atoms with van der Waals surface area (Å²) in [6, 6.07) is 10.5. The van der Waals surface area contributed by atoms with Gasteiger partial charge in [-0.3, -0.25) is 14.3 Å². The molecule has 44 heavy (non-hydrogen) atoms. The zero-order valence-electron chi connectivity index (χ0n) is 25.3. The second kappa shape index (κ2) is 15.4. The van der Waals surface area contributed by atoms with E-state index in [-0.39, 0.29) is 29.7 Å². The van der Waals surface area contributed by atoms with Gasteiger partial charge in [0, 0.05) is 57.6 Å². The Hall–Kier alpha value is -3.68. The SMILES string of the molecule is CCCC(CCNC=O)CN1CCN(Cc2ccc(-n3c(CNCC(F)(F)F)nnc3-c3cc(C)c(O)cc3O)cc2)CC1. The fourth-order valence-electron chi connectivity index (χ4n) is 5.64. The van der Waals surface area contributed by atoms with Crippen LogP contribution >= 0.6 is 0 Å². The molecule has 1 aliphatic rings. The Morgan fingerprint density at radius 1 is 1.00 bits per heavy atom. The molecule has 1 aromatic heterocycles. The van der Waals surface area contributed by atoms with E-state index in [2.05, 4.69) is 37.6 Å². The zero-order valence-corrected chi connectivity index (χ0v) is 25.3. The van der Waals surface area contributed by atoms with Gasteiger partial charge in [0.2, 0.25) is 6.41 Å². The van der Waals surface area contributed by atoms with Crippen LogP contribution in [0.2, 0.25) is 0 Å². The first-order valence-electron chi connectivity index (χ1n) is 15.0. The first-order chi connectivity index (χ1) is 21.1. The van der Waals surface area contributed by atoms with Crippen LogP contribution in [0.1, 0.15) is 43.1 Å². The summed E-state index contributed by atoms with van der Waals surface area (Å²) >= 11 is 0. The lowest BCUT2D eigenvalue weighted by atomic mass is 9.98. The van der Waals surface area contributed by atoms with Gasteiger partial charge in [-0.05, 0) is 55.0 Å². The maximum Gasteiger partial charge on any atom is 0.401 e. The van der Waals surface area contributed by atoms with Crippen LogP contribution in [0.3, 0.4) is 0 Å². The summed E-state index contributed by atoms with van der Waals surface area (Å²) in [6.45, 7) is 8.85. The van der Waals surface area contributed by atoms with Crippen molar-refractivity contribution in [3.63, 3.8) is 0 Å². The quantitative estimate of drug-likeness (QED) is 0.150. The average Bonchev–Trinajstić information content (AvgIpc) is 3.39. The third-order valence-corrected chi connectivity index (χ3v) is 7.95. The molecule has 240 valence electrons. The number of rotatable bonds is 15. The van der Waals surface area contributed by atoms with Crippen LogP contribution < -0.4 is 10.6 Å². The molecule has 1 saturated heterocycles. The van der Waals surface area contributed by atoms with Gasteiger partial charge in [0.15, 0.2) is 11.6 Å². The van der Waals surface area contributed by atoms with Crippen LogP contribution in [-0.2, 0) is 17.9 Å². The minimum Gasteiger partial charge on any atom is -0.508 e. The fourth-order valence-corrected chi connectivity index (χ4v) is 5.64. The first kappa shape index (κ1) is 33.2. The van der Waals surface area contributed by atoms with E-state index in [4.69, 9.17) is 0 Å². The molecule has 0 saturated carbocycles. The van der Waals surface area contributed by atoms with Gasteiger partial charge >= 0.3 is 6.18 Å². The monoisotopic (exact) mass is 617 g/mol. The van der Waals surface area contributed by atoms with Crippen molar-refractivity contribution in [2.75, 3.05) is 45.8 Å². The van der Waals surface area contributed by atoms with Crippen molar-refractivity contribution in [1.82, 2.24) is 35.2 Å². The summed E-state index contributed by atoms with van der Waals surface area (Å²) in [5.74, 6) is 0.770. The number of phenolic OH excluding ortho intramolecular Hbond substituents is 2. The normalized spacial score (nSPS) is 15.4. The van der Waals surface area contributed by atoms with Crippen molar-refractivity contribution in [3.8, 4) is 28.6 Å². The summed E-state index contributed by atoms with van der Waals surface area (Å²) in [5.41, 5.74) is 2.55. The zero-order chi connectivity index (χ0) is 31.7. The lowest BCUT2D eigenvalue weighted by Gasteiger charge is -2.36. The third-order valence-electron chi connectivity index (χ3n) is 7.95. The molecule has 2 heterocycles. The van der Waals surface area contributed by atoms with Gasteiger partial charge in [0.25, 0.3) is 0 Å². The summed E-state index contributed by atoms with van der Waals surface area (Å²) in [5, 5.41) is 34.1. The van der Waals surface area contributed by atoms with Crippen LogP contribution in [0, 0.1) is 12.8 Å². The summed E-state index contributed by atoms with van der Waals surface area (Å²) in [4.78, 5) is 15.5. The van der Waals surface area contributed by atoms with E-state index in [0.717, 1.165) is 70.5 Å². The molecule has 13 heteroatoms. The smallest absolute Gasteiger partial charge is 0.401 e. The fraction of sp³-hybridized carbons (Fsp3) is 0.516. The van der Waals surface area contributed by atoms with Crippen LogP contribution in [0.15, 0.2) is 36.4 Å². The molecule has 1 atom stereocenters. The van der Waals surface area contributed by atoms with Gasteiger partial charge < -0.3 is 25.7 Å². The van der Waals surface area contributed by atoms with E-state index in [9.17, 15) is 28.2 Å². The van der Waals surface area contributed by atoms with Crippen molar-refractivity contribution in [2.24, 2.45) is 5.92 Å². The Labute approximate surface area is 255 Å². The predicted molar refractivity (Wildman–Crippen MR) is 161 cm³/mol. The number of carbonyl (C=O) groups excluding carboxylic acids is 1. The minimum absolute atomic E-state index is 0.0813. The molecule has 1 fully saturated rings. The molecule has 0 bridgehead atoms. The van der Waals surface area contributed by atoms with Crippen molar-refractivity contribution < 1.29 is 28.2 Å². The molecular formula is C31H42F3N7O3. The second-order valence-electron chi connectivity index (χ2n) is 11.4. The highest BCUT2D eigenvalue weighted by atomic mass is 19.4. The predicted octanol–water partition coefficient (Wildman–Crippen LogP) is 3.98. The number of hydrogen-bond donors (Lipinski definition) is 4. The number of aromatic nitrogens is 3. The average molecular weight is 618 g/mol. The molecule has 0 radical (unpaired) electrons. The van der Waals surface area contributed by atoms with E-state index in [0.29, 0.717) is 29.3 Å². The van der Waals surface area contributed by atoms with Crippen molar-refractivity contribution >= 4 is 6.41 Å². The van der Waals surface area contributed by atoms with Crippen molar-refractivity contribution in [2.45, 2.75) is 52.4 Å². The van der Waals surface area contributed by atoms with Gasteiger partial charge in [-0.1, -0.05) is 25.5 Å². The van der Waals surface area contributed by atoms with Gasteiger partial charge in [0.1, 0.15) is 11.5 Å². The Morgan fingerprint density at radius 3 is 2.36 bits per heavy atom. The Bertz CT molecular complexity index is 1360. The van der Waals surface area contributed by atoms with Crippen LogP contribution in [0.25, 0.3) is 17.1 Å². The minimum atomic E-state index is -4.38. The molecule has 0 spiro atoms. The maximum atomic E-state index is 12.8. The Morgan fingerprint density at radius 2 is 1.70 bits per heavy atom. The third kappa shape index (κ3) is 9.16. The number of hydrogen-bond acceptors (Lipinski definition) is 8. The van der Waals surface area contributed by atoms with E-state index < -0.39 is 12.7 Å². The van der Waals surface area contributed by atoms with E-state index in [1.54, 1.807) is 17.6 Å². The molecule has 1 unspecified atom stereocenters. The van der Waals surface area contributed by atoms with Gasteiger partial charge in [-0.2, -0.15) is 13.2 Å². The van der Waals surface area contributed by atoms with Crippen LogP contribution in [0.5, 0.6) is 11.5 Å². The topological polar surface area (TPSA) is 119 Å². The number of phenols is 2. The van der Waals surface area contributed by atoms with Crippen LogP contribution in [0.4, 0.5) is 13.2 Å². The molecule has 10 nitrogen and oxygen atoms in total. The Balaban J connectivity index is 1.45. The maximum absolute atomic E-state index is 12.8. The van der Waals surface area contributed by atoms with Crippen LogP contribution in [-0.4, -0.2) is 93.2 Å². The number of amides is 1. The van der Waals surface area contributed by atoms with Gasteiger partial charge in [-0.15, -0.1) is 10.2 Å². The summed E-state index contributed by atoms with van der Waals surface area (Å²) in [7, 11) is 0. The van der Waals surface area contributed by atoms with E-state index >= 15 is 0 Å². The molecule has 4 N–H and O–H groups in total. The lowest BCUT2D eigenvalue weighted by molar-refractivity contribution is -0.125. The number of piperazine rings is 1. The number of carbonyl (C=O) groups is 1. The molecule has 2 aromatic carbocycles. The number of aryl methyl sites for hydroxylation is 1. The highest BCUT2D eigenvalue weighted by Crippen LogP contribution is 2.35. The van der Waals surface area contributed by atoms with Gasteiger partial charge in [0.05, 0.1) is 18.7 Å². The molecule has 3 aromatic rings. The molecule has 1 amide bonds. The highest BCUT2D eigenvalue weighted by molar-refractivity contribution is 5.69. The number of nitrogens with zero attached hydrogens (tertiary/aromatic N) is 5. The summed E-state index contributed by atoms with van der Waals surface area (Å²) in [6.07, 6.45) is -0.360. The molecule has 1 aliphatic heterocycles. The number of alkyl halides is 3. The summed E-state index contributed by atoms with van der Waals surface area (Å²) < 4.78 is 40.0. The van der Waals surface area contributed by atoms with Crippen molar-refractivity contribution in [3.05, 3.63) is 53.3 Å². The molecule has 0 aliphatic carbocycles. The molecular weight excluding hydrogens is 575 g/mol. The first-order valence-corrected chi connectivity index (χ1v) is 15.0. The van der Waals surface area contributed by atoms with Crippen molar-refractivity contribution in [1.29, 1.82) is 0 Å². The second-order valence-corrected chi connectivity index (χ2v) is 11.4. The highest BCUT2D eigenvalue weighted by Gasteiger charge is 2.27. The van der Waals surface area contributed by atoms with E-state index in [1.165, 1.54) is 6.07 Å². The van der Waals surface area contributed by atoms with Gasteiger partial charge in [-0.25, -0.2) is 0 Å². The standard InChI is InChI=1S/C31H42F3N7O3/c1-3-4-23(9-10-35-21-42)18-39-11-13-40(14-12-39)19-24-5-7-25(8-6-24)41-29(17-36-20-31(32,33)34)37-38-30(41)26-15-22(2)27(43)16-28(26)44/h5-8,15-16,21,23,36,43-44H,3-4,9-14,17-20H2,1-2H3,(H,35,42). The Kier molecular flexibility index (Phi) is 11.6. The lowest BCUT2D eigenvalue weighted by Crippen LogP contribution is -2.47. The van der Waals surface area contributed by atoms with E-state index in [1.807, 2.05) is 24.3 Å². The number of benzene rings is 2. The largest absolute Gasteiger partial charge is 0.508 e. The number of nitrogens with one attached hydrogen (secondary N) is 2. The number of halogens is 3. The molecule has 4 rings (SSSR count). The number of aromatic hydroxyl groups is 2.